The van der Waals surface area contributed by atoms with E-state index in [0.717, 1.165) is 23.3 Å². The molecule has 0 radical (unpaired) electrons. The molecule has 0 bridgehead atoms. The Hall–Kier alpha value is -1.34. The Morgan fingerprint density at radius 3 is 2.82 bits per heavy atom. The van der Waals surface area contributed by atoms with Gasteiger partial charge in [0.25, 0.3) is 0 Å². The molecule has 2 rings (SSSR count). The molecule has 0 unspecified atom stereocenters. The molecule has 7 heteroatoms. The molecule has 0 aliphatic carbocycles. The van der Waals surface area contributed by atoms with Gasteiger partial charge in [-0.2, -0.15) is 0 Å². The first-order valence-electron chi connectivity index (χ1n) is 5.19. The fraction of sp³-hybridized carbons (Fsp3) is 0.400. The average molecular weight is 297 g/mol. The van der Waals surface area contributed by atoms with Crippen molar-refractivity contribution < 1.29 is 0 Å². The number of hydrogen-bond acceptors (Lipinski definition) is 5. The molecule has 0 atom stereocenters. The van der Waals surface area contributed by atoms with Crippen molar-refractivity contribution in [1.29, 1.82) is 0 Å². The third kappa shape index (κ3) is 3.07. The maximum Gasteiger partial charge on any atom is 0.200 e. The van der Waals surface area contributed by atoms with Crippen LogP contribution in [-0.2, 0) is 6.54 Å². The van der Waals surface area contributed by atoms with Crippen LogP contribution in [0.2, 0.25) is 0 Å². The molecule has 0 aromatic carbocycles. The molecule has 6 nitrogen and oxygen atoms in total. The van der Waals surface area contributed by atoms with Crippen molar-refractivity contribution in [3.05, 3.63) is 22.8 Å². The molecule has 2 heterocycles. The van der Waals surface area contributed by atoms with Crippen LogP contribution in [0.25, 0.3) is 11.5 Å². The minimum Gasteiger partial charge on any atom is -0.308 e. The van der Waals surface area contributed by atoms with Gasteiger partial charge in [-0.1, -0.05) is 0 Å². The van der Waals surface area contributed by atoms with Crippen molar-refractivity contribution >= 4 is 15.9 Å². The number of rotatable bonds is 4. The zero-order valence-electron chi connectivity index (χ0n) is 9.71. The molecule has 90 valence electrons. The van der Waals surface area contributed by atoms with Crippen LogP contribution in [0.4, 0.5) is 0 Å². The molecule has 2 aromatic heterocycles. The minimum absolute atomic E-state index is 0.694. The molecule has 17 heavy (non-hydrogen) atoms. The summed E-state index contributed by atoms with van der Waals surface area (Å²) < 4.78 is 2.70. The molecule has 0 fully saturated rings. The Morgan fingerprint density at radius 1 is 1.35 bits per heavy atom. The van der Waals surface area contributed by atoms with Crippen molar-refractivity contribution in [2.45, 2.75) is 6.54 Å². The monoisotopic (exact) mass is 296 g/mol. The summed E-state index contributed by atoms with van der Waals surface area (Å²) in [7, 11) is 4.03. The van der Waals surface area contributed by atoms with Gasteiger partial charge < -0.3 is 4.90 Å². The van der Waals surface area contributed by atoms with Gasteiger partial charge in [-0.3, -0.25) is 4.98 Å². The van der Waals surface area contributed by atoms with Gasteiger partial charge in [0, 0.05) is 17.2 Å². The van der Waals surface area contributed by atoms with Crippen LogP contribution < -0.4 is 0 Å². The molecule has 2 aromatic rings. The number of likely N-dealkylation sites (N-methyl/N-ethyl adjacent to an activating group) is 1. The van der Waals surface area contributed by atoms with Crippen LogP contribution in [0.1, 0.15) is 0 Å². The normalized spacial score (nSPS) is 11.1. The van der Waals surface area contributed by atoms with E-state index in [0.29, 0.717) is 5.82 Å². The summed E-state index contributed by atoms with van der Waals surface area (Å²) in [4.78, 5) is 6.37. The van der Waals surface area contributed by atoms with Crippen LogP contribution in [0.5, 0.6) is 0 Å². The second kappa shape index (κ2) is 5.33. The molecule has 0 N–H and O–H groups in total. The highest BCUT2D eigenvalue weighted by Gasteiger charge is 2.09. The van der Waals surface area contributed by atoms with Gasteiger partial charge in [0.1, 0.15) is 5.69 Å². The van der Waals surface area contributed by atoms with E-state index in [1.807, 2.05) is 26.2 Å². The first-order valence-corrected chi connectivity index (χ1v) is 5.99. The number of halogens is 1. The van der Waals surface area contributed by atoms with Crippen molar-refractivity contribution in [3.63, 3.8) is 0 Å². The summed E-state index contributed by atoms with van der Waals surface area (Å²) in [6.45, 7) is 1.63. The van der Waals surface area contributed by atoms with E-state index in [1.165, 1.54) is 0 Å². The predicted octanol–water partition coefficient (Wildman–Crippen LogP) is 1.06. The van der Waals surface area contributed by atoms with E-state index in [4.69, 9.17) is 0 Å². The lowest BCUT2D eigenvalue weighted by atomic mass is 10.3. The van der Waals surface area contributed by atoms with E-state index in [2.05, 4.69) is 41.3 Å². The zero-order valence-corrected chi connectivity index (χ0v) is 11.3. The van der Waals surface area contributed by atoms with Gasteiger partial charge in [-0.15, -0.1) is 5.10 Å². The molecule has 0 amide bonds. The summed E-state index contributed by atoms with van der Waals surface area (Å²) in [6.07, 6.45) is 1.74. The number of tetrazole rings is 1. The molecular formula is C10H13BrN6. The number of pyridine rings is 1. The zero-order chi connectivity index (χ0) is 12.3. The summed E-state index contributed by atoms with van der Waals surface area (Å²) >= 11 is 3.35. The lowest BCUT2D eigenvalue weighted by molar-refractivity contribution is 0.371. The fourth-order valence-corrected chi connectivity index (χ4v) is 1.58. The minimum atomic E-state index is 0.694. The van der Waals surface area contributed by atoms with Crippen LogP contribution in [-0.4, -0.2) is 50.7 Å². The van der Waals surface area contributed by atoms with E-state index < -0.39 is 0 Å². The fourth-order valence-electron chi connectivity index (χ4n) is 1.34. The van der Waals surface area contributed by atoms with E-state index in [9.17, 15) is 0 Å². The van der Waals surface area contributed by atoms with Gasteiger partial charge in [0.2, 0.25) is 5.82 Å². The Kier molecular flexibility index (Phi) is 3.80. The van der Waals surface area contributed by atoms with E-state index in [1.54, 1.807) is 10.9 Å². The highest BCUT2D eigenvalue weighted by Crippen LogP contribution is 2.15. The van der Waals surface area contributed by atoms with Crippen molar-refractivity contribution in [1.82, 2.24) is 30.1 Å². The summed E-state index contributed by atoms with van der Waals surface area (Å²) in [5, 5.41) is 11.7. The van der Waals surface area contributed by atoms with Crippen LogP contribution in [0.15, 0.2) is 22.8 Å². The molecular weight excluding hydrogens is 284 g/mol. The second-order valence-electron chi connectivity index (χ2n) is 3.89. The number of aromatic nitrogens is 5. The smallest absolute Gasteiger partial charge is 0.200 e. The molecule has 0 aliphatic rings. The Morgan fingerprint density at radius 2 is 2.18 bits per heavy atom. The van der Waals surface area contributed by atoms with E-state index >= 15 is 0 Å². The van der Waals surface area contributed by atoms with Gasteiger partial charge >= 0.3 is 0 Å². The largest absolute Gasteiger partial charge is 0.308 e. The first kappa shape index (κ1) is 12.1. The first-order chi connectivity index (χ1) is 8.16. The summed E-state index contributed by atoms with van der Waals surface area (Å²) in [5.41, 5.74) is 0.775. The molecule has 0 aliphatic heterocycles. The number of nitrogens with zero attached hydrogens (tertiary/aromatic N) is 6. The van der Waals surface area contributed by atoms with Gasteiger partial charge in [0.15, 0.2) is 0 Å². The van der Waals surface area contributed by atoms with Crippen molar-refractivity contribution in [2.24, 2.45) is 0 Å². The Balaban J connectivity index is 2.21. The third-order valence-electron chi connectivity index (χ3n) is 2.25. The standard InChI is InChI=1S/C10H13BrN6/c1-16(2)5-6-17-10(13-14-15-17)9-4-3-8(11)7-12-9/h3-4,7H,5-6H2,1-2H3. The quantitative estimate of drug-likeness (QED) is 0.844. The van der Waals surface area contributed by atoms with Gasteiger partial charge in [0.05, 0.1) is 6.54 Å². The van der Waals surface area contributed by atoms with Crippen molar-refractivity contribution in [3.8, 4) is 11.5 Å². The highest BCUT2D eigenvalue weighted by atomic mass is 79.9. The lowest BCUT2D eigenvalue weighted by Gasteiger charge is -2.09. The Labute approximate surface area is 108 Å². The summed E-state index contributed by atoms with van der Waals surface area (Å²) in [5.74, 6) is 0.694. The van der Waals surface area contributed by atoms with Gasteiger partial charge in [-0.25, -0.2) is 4.68 Å². The highest BCUT2D eigenvalue weighted by molar-refractivity contribution is 9.10. The second-order valence-corrected chi connectivity index (χ2v) is 4.81. The lowest BCUT2D eigenvalue weighted by Crippen LogP contribution is -2.19. The van der Waals surface area contributed by atoms with Crippen LogP contribution in [0, 0.1) is 0 Å². The molecule has 0 spiro atoms. The number of hydrogen-bond donors (Lipinski definition) is 0. The average Bonchev–Trinajstić information content (AvgIpc) is 2.75. The van der Waals surface area contributed by atoms with Gasteiger partial charge in [-0.05, 0) is 52.6 Å². The van der Waals surface area contributed by atoms with Crippen LogP contribution in [0.3, 0.4) is 0 Å². The third-order valence-corrected chi connectivity index (χ3v) is 2.72. The van der Waals surface area contributed by atoms with Crippen molar-refractivity contribution in [2.75, 3.05) is 20.6 Å². The summed E-state index contributed by atoms with van der Waals surface area (Å²) in [6, 6.07) is 3.81. The topological polar surface area (TPSA) is 59.7 Å². The van der Waals surface area contributed by atoms with E-state index in [-0.39, 0.29) is 0 Å². The maximum atomic E-state index is 4.28. The maximum absolute atomic E-state index is 4.28. The SMILES string of the molecule is CN(C)CCn1nnnc1-c1ccc(Br)cn1. The Bertz CT molecular complexity index is 478. The molecule has 0 saturated heterocycles. The van der Waals surface area contributed by atoms with Crippen LogP contribution >= 0.6 is 15.9 Å². The molecule has 0 saturated carbocycles. The predicted molar refractivity (Wildman–Crippen MR) is 67.3 cm³/mol.